The number of aryl methyl sites for hydroxylation is 1. The minimum atomic E-state index is -1.15. The first-order valence-corrected chi connectivity index (χ1v) is 6.44. The molecule has 0 amide bonds. The number of anilines is 1. The normalized spacial score (nSPS) is 10.3. The van der Waals surface area contributed by atoms with Crippen LogP contribution < -0.4 is 5.32 Å². The van der Waals surface area contributed by atoms with Gasteiger partial charge in [-0.05, 0) is 35.7 Å². The number of rotatable bonds is 5. The van der Waals surface area contributed by atoms with Gasteiger partial charge >= 0.3 is 5.97 Å². The van der Waals surface area contributed by atoms with Crippen LogP contribution in [0.1, 0.15) is 28.4 Å². The molecule has 0 fully saturated rings. The molecule has 3 nitrogen and oxygen atoms in total. The van der Waals surface area contributed by atoms with E-state index < -0.39 is 11.8 Å². The van der Waals surface area contributed by atoms with Crippen LogP contribution in [-0.2, 0) is 13.0 Å². The second-order valence-corrected chi connectivity index (χ2v) is 4.52. The Hall–Kier alpha value is -2.36. The van der Waals surface area contributed by atoms with Gasteiger partial charge in [0.25, 0.3) is 0 Å². The molecule has 0 aliphatic rings. The largest absolute Gasteiger partial charge is 0.478 e. The molecule has 0 atom stereocenters. The summed E-state index contributed by atoms with van der Waals surface area (Å²) in [5, 5.41) is 12.1. The molecule has 0 saturated carbocycles. The molecular formula is C16H16FNO2. The highest BCUT2D eigenvalue weighted by molar-refractivity contribution is 5.94. The molecule has 0 radical (unpaired) electrons. The Kier molecular flexibility index (Phi) is 4.35. The maximum Gasteiger partial charge on any atom is 0.337 e. The summed E-state index contributed by atoms with van der Waals surface area (Å²) in [5.74, 6) is -1.70. The number of hydrogen-bond acceptors (Lipinski definition) is 2. The number of nitrogens with one attached hydrogen (secondary N) is 1. The van der Waals surface area contributed by atoms with Gasteiger partial charge in [0.05, 0.1) is 5.56 Å². The van der Waals surface area contributed by atoms with Gasteiger partial charge in [0, 0.05) is 12.2 Å². The topological polar surface area (TPSA) is 49.3 Å². The molecule has 0 saturated heterocycles. The summed E-state index contributed by atoms with van der Waals surface area (Å²) >= 11 is 0. The van der Waals surface area contributed by atoms with Gasteiger partial charge in [-0.25, -0.2) is 9.18 Å². The fraction of sp³-hybridized carbons (Fsp3) is 0.188. The quantitative estimate of drug-likeness (QED) is 0.873. The molecule has 0 aliphatic heterocycles. The van der Waals surface area contributed by atoms with Crippen LogP contribution >= 0.6 is 0 Å². The fourth-order valence-electron chi connectivity index (χ4n) is 1.94. The van der Waals surface area contributed by atoms with Crippen molar-refractivity contribution in [2.75, 3.05) is 5.32 Å². The maximum absolute atomic E-state index is 13.1. The summed E-state index contributed by atoms with van der Waals surface area (Å²) in [6.07, 6.45) is 0.981. The third-order valence-corrected chi connectivity index (χ3v) is 3.13. The van der Waals surface area contributed by atoms with Crippen LogP contribution in [0.3, 0.4) is 0 Å². The number of hydrogen-bond donors (Lipinski definition) is 2. The molecule has 0 aromatic heterocycles. The van der Waals surface area contributed by atoms with Crippen LogP contribution in [0.4, 0.5) is 10.1 Å². The third-order valence-electron chi connectivity index (χ3n) is 3.13. The summed E-state index contributed by atoms with van der Waals surface area (Å²) in [6.45, 7) is 2.58. The van der Waals surface area contributed by atoms with E-state index in [1.54, 1.807) is 0 Å². The van der Waals surface area contributed by atoms with E-state index in [1.807, 2.05) is 24.3 Å². The van der Waals surface area contributed by atoms with Gasteiger partial charge < -0.3 is 10.4 Å². The van der Waals surface area contributed by atoms with Gasteiger partial charge in [-0.2, -0.15) is 0 Å². The van der Waals surface area contributed by atoms with E-state index in [4.69, 9.17) is 5.11 Å². The number of carboxylic acids is 1. The van der Waals surface area contributed by atoms with Crippen LogP contribution in [0.15, 0.2) is 42.5 Å². The van der Waals surface area contributed by atoms with Crippen molar-refractivity contribution in [2.45, 2.75) is 19.9 Å². The van der Waals surface area contributed by atoms with Crippen molar-refractivity contribution in [2.24, 2.45) is 0 Å². The average Bonchev–Trinajstić information content (AvgIpc) is 2.46. The molecule has 104 valence electrons. The highest BCUT2D eigenvalue weighted by atomic mass is 19.1. The zero-order chi connectivity index (χ0) is 14.5. The highest BCUT2D eigenvalue weighted by Gasteiger charge is 2.10. The van der Waals surface area contributed by atoms with Crippen molar-refractivity contribution in [1.82, 2.24) is 0 Å². The fourth-order valence-corrected chi connectivity index (χ4v) is 1.94. The van der Waals surface area contributed by atoms with Gasteiger partial charge in [-0.3, -0.25) is 0 Å². The molecule has 2 aromatic carbocycles. The monoisotopic (exact) mass is 273 g/mol. The molecule has 0 heterocycles. The van der Waals surface area contributed by atoms with Crippen molar-refractivity contribution < 1.29 is 14.3 Å². The molecule has 0 spiro atoms. The lowest BCUT2D eigenvalue weighted by atomic mass is 10.1. The van der Waals surface area contributed by atoms with E-state index in [0.29, 0.717) is 12.2 Å². The average molecular weight is 273 g/mol. The van der Waals surface area contributed by atoms with Crippen molar-refractivity contribution in [3.63, 3.8) is 0 Å². The zero-order valence-corrected chi connectivity index (χ0v) is 11.2. The summed E-state index contributed by atoms with van der Waals surface area (Å²) in [5.41, 5.74) is 2.65. The molecule has 0 bridgehead atoms. The molecule has 0 unspecified atom stereocenters. The predicted octanol–water partition coefficient (Wildman–Crippen LogP) is 3.70. The van der Waals surface area contributed by atoms with Crippen LogP contribution in [0, 0.1) is 5.82 Å². The minimum Gasteiger partial charge on any atom is -0.478 e. The predicted molar refractivity (Wildman–Crippen MR) is 76.5 cm³/mol. The van der Waals surface area contributed by atoms with Crippen molar-refractivity contribution in [3.8, 4) is 0 Å². The van der Waals surface area contributed by atoms with E-state index >= 15 is 0 Å². The SMILES string of the molecule is CCc1ccc(CNc2ccc(F)cc2C(=O)O)cc1. The third kappa shape index (κ3) is 3.35. The molecule has 2 N–H and O–H groups in total. The Balaban J connectivity index is 2.12. The number of carboxylic acid groups (broad SMARTS) is 1. The van der Waals surface area contributed by atoms with Gasteiger partial charge in [0.2, 0.25) is 0 Å². The molecule has 4 heteroatoms. The van der Waals surface area contributed by atoms with Gasteiger partial charge in [0.15, 0.2) is 0 Å². The second-order valence-electron chi connectivity index (χ2n) is 4.52. The lowest BCUT2D eigenvalue weighted by Gasteiger charge is -2.10. The highest BCUT2D eigenvalue weighted by Crippen LogP contribution is 2.18. The lowest BCUT2D eigenvalue weighted by Crippen LogP contribution is -2.07. The summed E-state index contributed by atoms with van der Waals surface area (Å²) < 4.78 is 13.1. The summed E-state index contributed by atoms with van der Waals surface area (Å²) in [6, 6.07) is 11.8. The molecule has 0 aliphatic carbocycles. The number of benzene rings is 2. The number of halogens is 1. The van der Waals surface area contributed by atoms with Gasteiger partial charge in [-0.1, -0.05) is 31.2 Å². The van der Waals surface area contributed by atoms with Crippen molar-refractivity contribution in [1.29, 1.82) is 0 Å². The molecule has 2 aromatic rings. The number of carbonyl (C=O) groups is 1. The summed E-state index contributed by atoms with van der Waals surface area (Å²) in [7, 11) is 0. The van der Waals surface area contributed by atoms with Crippen LogP contribution in [-0.4, -0.2) is 11.1 Å². The number of aromatic carboxylic acids is 1. The van der Waals surface area contributed by atoms with Crippen LogP contribution in [0.2, 0.25) is 0 Å². The first-order valence-electron chi connectivity index (χ1n) is 6.44. The van der Waals surface area contributed by atoms with E-state index in [-0.39, 0.29) is 5.56 Å². The first-order chi connectivity index (χ1) is 9.60. The van der Waals surface area contributed by atoms with E-state index in [1.165, 1.54) is 17.7 Å². The van der Waals surface area contributed by atoms with Crippen molar-refractivity contribution >= 4 is 11.7 Å². The minimum absolute atomic E-state index is 0.0600. The smallest absolute Gasteiger partial charge is 0.337 e. The van der Waals surface area contributed by atoms with E-state index in [2.05, 4.69) is 12.2 Å². The Morgan fingerprint density at radius 2 is 1.80 bits per heavy atom. The van der Waals surface area contributed by atoms with Gasteiger partial charge in [0.1, 0.15) is 5.82 Å². The van der Waals surface area contributed by atoms with Gasteiger partial charge in [-0.15, -0.1) is 0 Å². The van der Waals surface area contributed by atoms with Crippen molar-refractivity contribution in [3.05, 3.63) is 65.0 Å². The zero-order valence-electron chi connectivity index (χ0n) is 11.2. The summed E-state index contributed by atoms with van der Waals surface area (Å²) in [4.78, 5) is 11.1. The Labute approximate surface area is 117 Å². The van der Waals surface area contributed by atoms with Crippen LogP contribution in [0.25, 0.3) is 0 Å². The van der Waals surface area contributed by atoms with E-state index in [9.17, 15) is 9.18 Å². The second kappa shape index (κ2) is 6.19. The molecular weight excluding hydrogens is 257 g/mol. The van der Waals surface area contributed by atoms with E-state index in [0.717, 1.165) is 18.1 Å². The Bertz CT molecular complexity index is 608. The lowest BCUT2D eigenvalue weighted by molar-refractivity contribution is 0.0697. The molecule has 20 heavy (non-hydrogen) atoms. The molecule has 2 rings (SSSR count). The Morgan fingerprint density at radius 1 is 1.15 bits per heavy atom. The first kappa shape index (κ1) is 14.1. The van der Waals surface area contributed by atoms with Crippen LogP contribution in [0.5, 0.6) is 0 Å². The maximum atomic E-state index is 13.1. The Morgan fingerprint density at radius 3 is 2.40 bits per heavy atom. The standard InChI is InChI=1S/C16H16FNO2/c1-2-11-3-5-12(6-4-11)10-18-15-8-7-13(17)9-14(15)16(19)20/h3-9,18H,2,10H2,1H3,(H,19,20).